The fourth-order valence-corrected chi connectivity index (χ4v) is 2.97. The van der Waals surface area contributed by atoms with Gasteiger partial charge in [0.05, 0.1) is 11.4 Å². The Hall–Kier alpha value is -0.940. The summed E-state index contributed by atoms with van der Waals surface area (Å²) in [6.07, 6.45) is 4.34. The first-order valence-corrected chi connectivity index (χ1v) is 9.17. The Bertz CT molecular complexity index is 500. The van der Waals surface area contributed by atoms with Crippen molar-refractivity contribution in [1.29, 1.82) is 0 Å². The summed E-state index contributed by atoms with van der Waals surface area (Å²) in [6.45, 7) is 6.78. The average molecular weight is 298 g/mol. The first-order chi connectivity index (χ1) is 9.48. The van der Waals surface area contributed by atoms with E-state index in [-0.39, 0.29) is 17.5 Å². The minimum atomic E-state index is -2.87. The lowest BCUT2D eigenvalue weighted by molar-refractivity contribution is 0.482. The molecule has 114 valence electrons. The fraction of sp³-hybridized carbons (Fsp3) is 0.667. The number of hydrogen-bond acceptors (Lipinski definition) is 4. The zero-order chi connectivity index (χ0) is 15.0. The molecule has 5 heteroatoms. The van der Waals surface area contributed by atoms with Crippen LogP contribution in [0.2, 0.25) is 0 Å². The first-order valence-electron chi connectivity index (χ1n) is 7.35. The molecule has 1 unspecified atom stereocenters. The van der Waals surface area contributed by atoms with Crippen LogP contribution in [0.4, 0.5) is 0 Å². The highest BCUT2D eigenvalue weighted by Gasteiger charge is 2.14. The van der Waals surface area contributed by atoms with Crippen LogP contribution in [0.3, 0.4) is 0 Å². The molecule has 0 amide bonds. The van der Waals surface area contributed by atoms with Gasteiger partial charge in [-0.05, 0) is 50.4 Å². The largest absolute Gasteiger partial charge is 0.309 e. The van der Waals surface area contributed by atoms with E-state index < -0.39 is 9.84 Å². The van der Waals surface area contributed by atoms with Gasteiger partial charge in [-0.2, -0.15) is 0 Å². The summed E-state index contributed by atoms with van der Waals surface area (Å²) in [5, 5.41) is 3.46. The van der Waals surface area contributed by atoms with Gasteiger partial charge in [0.2, 0.25) is 0 Å². The molecule has 0 spiro atoms. The lowest BCUT2D eigenvalue weighted by Gasteiger charge is -2.18. The molecule has 0 bridgehead atoms. The van der Waals surface area contributed by atoms with Gasteiger partial charge in [0.15, 0.2) is 0 Å². The molecule has 0 aliphatic carbocycles. The third kappa shape index (κ3) is 6.01. The second kappa shape index (κ2) is 8.37. The van der Waals surface area contributed by atoms with Crippen LogP contribution in [0.15, 0.2) is 18.3 Å². The maximum atomic E-state index is 11.5. The van der Waals surface area contributed by atoms with Crippen LogP contribution < -0.4 is 5.32 Å². The van der Waals surface area contributed by atoms with Crippen LogP contribution in [0.5, 0.6) is 0 Å². The molecular formula is C15H26N2O2S. The van der Waals surface area contributed by atoms with E-state index in [0.29, 0.717) is 6.42 Å². The SMILES string of the molecule is CCCNC(CCCS(=O)(=O)CC)c1cc(C)ccn1. The van der Waals surface area contributed by atoms with E-state index in [1.54, 1.807) is 6.92 Å². The Morgan fingerprint density at radius 1 is 1.35 bits per heavy atom. The molecule has 0 aliphatic rings. The standard InChI is InChI=1S/C15H26N2O2S/c1-4-9-16-14(7-6-11-20(18,19)5-2)15-12-13(3)8-10-17-15/h8,10,12,14,16H,4-7,9,11H2,1-3H3. The van der Waals surface area contributed by atoms with Crippen molar-refractivity contribution in [3.05, 3.63) is 29.6 Å². The van der Waals surface area contributed by atoms with Gasteiger partial charge in [0.25, 0.3) is 0 Å². The van der Waals surface area contributed by atoms with Gasteiger partial charge in [0, 0.05) is 18.0 Å². The molecule has 0 aromatic carbocycles. The summed E-state index contributed by atoms with van der Waals surface area (Å²) in [4.78, 5) is 4.42. The van der Waals surface area contributed by atoms with Crippen LogP contribution in [0.1, 0.15) is 50.4 Å². The number of aromatic nitrogens is 1. The van der Waals surface area contributed by atoms with Gasteiger partial charge >= 0.3 is 0 Å². The molecular weight excluding hydrogens is 272 g/mol. The summed E-state index contributed by atoms with van der Waals surface area (Å²) in [7, 11) is -2.87. The number of nitrogens with one attached hydrogen (secondary N) is 1. The molecule has 1 rings (SSSR count). The minimum Gasteiger partial charge on any atom is -0.309 e. The van der Waals surface area contributed by atoms with Crippen molar-refractivity contribution in [3.63, 3.8) is 0 Å². The van der Waals surface area contributed by atoms with Crippen molar-refractivity contribution >= 4 is 9.84 Å². The van der Waals surface area contributed by atoms with E-state index in [1.807, 2.05) is 19.2 Å². The third-order valence-electron chi connectivity index (χ3n) is 3.32. The number of aryl methyl sites for hydroxylation is 1. The lowest BCUT2D eigenvalue weighted by Crippen LogP contribution is -2.24. The molecule has 1 heterocycles. The van der Waals surface area contributed by atoms with E-state index in [2.05, 4.69) is 23.3 Å². The Morgan fingerprint density at radius 3 is 2.70 bits per heavy atom. The van der Waals surface area contributed by atoms with Gasteiger partial charge in [-0.15, -0.1) is 0 Å². The highest BCUT2D eigenvalue weighted by atomic mass is 32.2. The first kappa shape index (κ1) is 17.1. The molecule has 0 saturated heterocycles. The molecule has 4 nitrogen and oxygen atoms in total. The zero-order valence-corrected chi connectivity index (χ0v) is 13.5. The number of pyridine rings is 1. The predicted molar refractivity (Wildman–Crippen MR) is 83.6 cm³/mol. The normalized spacial score (nSPS) is 13.3. The van der Waals surface area contributed by atoms with E-state index in [4.69, 9.17) is 0 Å². The van der Waals surface area contributed by atoms with E-state index in [0.717, 1.165) is 25.1 Å². The van der Waals surface area contributed by atoms with E-state index >= 15 is 0 Å². The Kier molecular flexibility index (Phi) is 7.16. The minimum absolute atomic E-state index is 0.141. The quantitative estimate of drug-likeness (QED) is 0.761. The molecule has 0 saturated carbocycles. The predicted octanol–water partition coefficient (Wildman–Crippen LogP) is 2.65. The van der Waals surface area contributed by atoms with Crippen molar-refractivity contribution in [2.45, 2.75) is 46.1 Å². The summed E-state index contributed by atoms with van der Waals surface area (Å²) in [6, 6.07) is 4.19. The second-order valence-corrected chi connectivity index (χ2v) is 7.62. The van der Waals surface area contributed by atoms with Crippen LogP contribution >= 0.6 is 0 Å². The number of nitrogens with zero attached hydrogens (tertiary/aromatic N) is 1. The molecule has 0 fully saturated rings. The highest BCUT2D eigenvalue weighted by Crippen LogP contribution is 2.18. The molecule has 0 aliphatic heterocycles. The highest BCUT2D eigenvalue weighted by molar-refractivity contribution is 7.91. The summed E-state index contributed by atoms with van der Waals surface area (Å²) in [5.74, 6) is 0.488. The number of hydrogen-bond donors (Lipinski definition) is 1. The molecule has 0 radical (unpaired) electrons. The summed E-state index contributed by atoms with van der Waals surface area (Å²) >= 11 is 0. The maximum Gasteiger partial charge on any atom is 0.150 e. The molecule has 1 atom stereocenters. The summed E-state index contributed by atoms with van der Waals surface area (Å²) < 4.78 is 23.1. The van der Waals surface area contributed by atoms with Crippen molar-refractivity contribution < 1.29 is 8.42 Å². The van der Waals surface area contributed by atoms with Gasteiger partial charge < -0.3 is 5.32 Å². The topological polar surface area (TPSA) is 59.1 Å². The van der Waals surface area contributed by atoms with Crippen LogP contribution in [-0.2, 0) is 9.84 Å². The monoisotopic (exact) mass is 298 g/mol. The van der Waals surface area contributed by atoms with E-state index in [1.165, 1.54) is 5.56 Å². The molecule has 1 aromatic rings. The maximum absolute atomic E-state index is 11.5. The van der Waals surface area contributed by atoms with Gasteiger partial charge in [-0.25, -0.2) is 8.42 Å². The van der Waals surface area contributed by atoms with Crippen molar-refractivity contribution in [2.75, 3.05) is 18.1 Å². The molecule has 1 N–H and O–H groups in total. The second-order valence-electron chi connectivity index (χ2n) is 5.14. The third-order valence-corrected chi connectivity index (χ3v) is 5.11. The van der Waals surface area contributed by atoms with Crippen molar-refractivity contribution in [3.8, 4) is 0 Å². The Balaban J connectivity index is 2.65. The van der Waals surface area contributed by atoms with E-state index in [9.17, 15) is 8.42 Å². The van der Waals surface area contributed by atoms with Gasteiger partial charge in [0.1, 0.15) is 9.84 Å². The Labute approximate surface area is 122 Å². The average Bonchev–Trinajstić information content (AvgIpc) is 2.42. The lowest BCUT2D eigenvalue weighted by atomic mass is 10.1. The number of rotatable bonds is 9. The number of sulfone groups is 1. The smallest absolute Gasteiger partial charge is 0.150 e. The van der Waals surface area contributed by atoms with Crippen LogP contribution in [-0.4, -0.2) is 31.5 Å². The van der Waals surface area contributed by atoms with Crippen molar-refractivity contribution in [2.24, 2.45) is 0 Å². The summed E-state index contributed by atoms with van der Waals surface area (Å²) in [5.41, 5.74) is 2.19. The van der Waals surface area contributed by atoms with Gasteiger partial charge in [-0.3, -0.25) is 4.98 Å². The molecule has 1 aromatic heterocycles. The Morgan fingerprint density at radius 2 is 2.10 bits per heavy atom. The van der Waals surface area contributed by atoms with Gasteiger partial charge in [-0.1, -0.05) is 13.8 Å². The van der Waals surface area contributed by atoms with Crippen LogP contribution in [0.25, 0.3) is 0 Å². The molecule has 20 heavy (non-hydrogen) atoms. The zero-order valence-electron chi connectivity index (χ0n) is 12.7. The van der Waals surface area contributed by atoms with Crippen LogP contribution in [0, 0.1) is 6.92 Å². The fourth-order valence-electron chi connectivity index (χ4n) is 2.07. The van der Waals surface area contributed by atoms with Crippen molar-refractivity contribution in [1.82, 2.24) is 10.3 Å².